The molecular formula is C13H14Br2ClN3O. The van der Waals surface area contributed by atoms with Crippen molar-refractivity contribution in [2.45, 2.75) is 12.6 Å². The van der Waals surface area contributed by atoms with Crippen LogP contribution in [0.15, 0.2) is 33.3 Å². The van der Waals surface area contributed by atoms with E-state index in [0.29, 0.717) is 18.2 Å². The quantitative estimate of drug-likeness (QED) is 0.797. The average Bonchev–Trinajstić information content (AvgIpc) is 2.80. The van der Waals surface area contributed by atoms with Crippen LogP contribution in [-0.4, -0.2) is 23.5 Å². The number of aromatic nitrogens is 2. The van der Waals surface area contributed by atoms with Crippen molar-refractivity contribution in [3.05, 3.63) is 49.6 Å². The molecular weight excluding hydrogens is 409 g/mol. The number of benzene rings is 1. The molecule has 0 aliphatic carbocycles. The molecule has 1 aromatic heterocycles. The van der Waals surface area contributed by atoms with Crippen molar-refractivity contribution in [1.82, 2.24) is 9.78 Å². The minimum absolute atomic E-state index is 0.367. The van der Waals surface area contributed by atoms with Crippen LogP contribution in [0.4, 0.5) is 0 Å². The molecule has 2 rings (SSSR count). The fourth-order valence-electron chi connectivity index (χ4n) is 1.95. The first-order valence-corrected chi connectivity index (χ1v) is 7.92. The fraction of sp³-hybridized carbons (Fsp3) is 0.308. The van der Waals surface area contributed by atoms with E-state index in [4.69, 9.17) is 22.1 Å². The molecule has 2 N–H and O–H groups in total. The standard InChI is InChI=1S/C13H14Br2ClN3O/c1-20-6-5-19-13(10(15)7-18-19)12(17)8-3-2-4-9(14)11(8)16/h2-4,7,12H,5-6,17H2,1H3. The smallest absolute Gasteiger partial charge is 0.0749 e. The zero-order chi connectivity index (χ0) is 14.7. The number of hydrogen-bond donors (Lipinski definition) is 1. The van der Waals surface area contributed by atoms with Crippen LogP contribution in [0.3, 0.4) is 0 Å². The molecule has 0 fully saturated rings. The van der Waals surface area contributed by atoms with Crippen molar-refractivity contribution >= 4 is 43.5 Å². The molecule has 0 spiro atoms. The molecule has 0 radical (unpaired) electrons. The van der Waals surface area contributed by atoms with E-state index < -0.39 is 0 Å². The number of ether oxygens (including phenoxy) is 1. The first kappa shape index (κ1) is 16.0. The fourth-order valence-corrected chi connectivity index (χ4v) is 3.11. The van der Waals surface area contributed by atoms with Gasteiger partial charge in [-0.15, -0.1) is 0 Å². The van der Waals surface area contributed by atoms with E-state index in [-0.39, 0.29) is 6.04 Å². The van der Waals surface area contributed by atoms with Gasteiger partial charge in [-0.25, -0.2) is 0 Å². The lowest BCUT2D eigenvalue weighted by Gasteiger charge is -2.17. The number of halogens is 3. The lowest BCUT2D eigenvalue weighted by Crippen LogP contribution is -2.20. The molecule has 1 unspecified atom stereocenters. The van der Waals surface area contributed by atoms with Crippen molar-refractivity contribution in [3.63, 3.8) is 0 Å². The van der Waals surface area contributed by atoms with Gasteiger partial charge in [-0.3, -0.25) is 4.68 Å². The maximum absolute atomic E-state index is 6.37. The second-order valence-corrected chi connectivity index (χ2v) is 6.30. The topological polar surface area (TPSA) is 53.1 Å². The van der Waals surface area contributed by atoms with Gasteiger partial charge in [0, 0.05) is 11.6 Å². The third-order valence-corrected chi connectivity index (χ3v) is 4.87. The van der Waals surface area contributed by atoms with Crippen molar-refractivity contribution in [2.24, 2.45) is 5.73 Å². The molecule has 1 aromatic carbocycles. The molecule has 1 atom stereocenters. The maximum atomic E-state index is 6.37. The Balaban J connectivity index is 2.40. The SMILES string of the molecule is COCCn1ncc(Br)c1C(N)c1cccc(Br)c1Cl. The summed E-state index contributed by atoms with van der Waals surface area (Å²) in [6.07, 6.45) is 1.73. The van der Waals surface area contributed by atoms with Crippen LogP contribution in [0.2, 0.25) is 5.02 Å². The van der Waals surface area contributed by atoms with Crippen LogP contribution in [0.5, 0.6) is 0 Å². The van der Waals surface area contributed by atoms with E-state index >= 15 is 0 Å². The molecule has 1 heterocycles. The monoisotopic (exact) mass is 421 g/mol. The summed E-state index contributed by atoms with van der Waals surface area (Å²) < 4.78 is 8.60. The zero-order valence-electron chi connectivity index (χ0n) is 10.8. The number of rotatable bonds is 5. The van der Waals surface area contributed by atoms with Crippen molar-refractivity contribution < 1.29 is 4.74 Å². The van der Waals surface area contributed by atoms with Gasteiger partial charge in [0.05, 0.1) is 40.6 Å². The molecule has 0 amide bonds. The van der Waals surface area contributed by atoms with Crippen LogP contribution in [0.25, 0.3) is 0 Å². The lowest BCUT2D eigenvalue weighted by atomic mass is 10.0. The van der Waals surface area contributed by atoms with Gasteiger partial charge in [0.2, 0.25) is 0 Å². The van der Waals surface area contributed by atoms with E-state index in [2.05, 4.69) is 37.0 Å². The van der Waals surface area contributed by atoms with E-state index in [9.17, 15) is 0 Å². The van der Waals surface area contributed by atoms with Gasteiger partial charge in [-0.1, -0.05) is 23.7 Å². The third kappa shape index (κ3) is 3.26. The van der Waals surface area contributed by atoms with Gasteiger partial charge in [-0.05, 0) is 43.5 Å². The van der Waals surface area contributed by atoms with E-state index in [0.717, 1.165) is 20.2 Å². The highest BCUT2D eigenvalue weighted by molar-refractivity contribution is 9.10. The molecule has 0 aliphatic rings. The largest absolute Gasteiger partial charge is 0.383 e. The normalized spacial score (nSPS) is 12.7. The predicted octanol–water partition coefficient (Wildman–Crippen LogP) is 3.76. The van der Waals surface area contributed by atoms with Gasteiger partial charge in [0.15, 0.2) is 0 Å². The molecule has 4 nitrogen and oxygen atoms in total. The molecule has 0 saturated carbocycles. The van der Waals surface area contributed by atoms with Gasteiger partial charge in [-0.2, -0.15) is 5.10 Å². The predicted molar refractivity (Wildman–Crippen MR) is 87.0 cm³/mol. The Morgan fingerprint density at radius 1 is 1.40 bits per heavy atom. The Morgan fingerprint density at radius 3 is 2.85 bits per heavy atom. The second kappa shape index (κ2) is 7.04. The molecule has 2 aromatic rings. The Labute approximate surface area is 139 Å². The summed E-state index contributed by atoms with van der Waals surface area (Å²) in [5.41, 5.74) is 8.09. The Kier molecular flexibility index (Phi) is 5.63. The van der Waals surface area contributed by atoms with E-state index in [1.165, 1.54) is 0 Å². The zero-order valence-corrected chi connectivity index (χ0v) is 14.7. The average molecular weight is 424 g/mol. The number of nitrogens with zero attached hydrogens (tertiary/aromatic N) is 2. The van der Waals surface area contributed by atoms with Crippen molar-refractivity contribution in [3.8, 4) is 0 Å². The number of methoxy groups -OCH3 is 1. The summed E-state index contributed by atoms with van der Waals surface area (Å²) in [7, 11) is 1.66. The minimum Gasteiger partial charge on any atom is -0.383 e. The van der Waals surface area contributed by atoms with Crippen LogP contribution in [-0.2, 0) is 11.3 Å². The second-order valence-electron chi connectivity index (χ2n) is 4.21. The van der Waals surface area contributed by atoms with Gasteiger partial charge >= 0.3 is 0 Å². The Bertz CT molecular complexity index is 603. The molecule has 20 heavy (non-hydrogen) atoms. The molecule has 0 bridgehead atoms. The first-order chi connectivity index (χ1) is 9.56. The minimum atomic E-state index is -0.367. The third-order valence-electron chi connectivity index (χ3n) is 2.95. The van der Waals surface area contributed by atoms with Gasteiger partial charge in [0.1, 0.15) is 0 Å². The van der Waals surface area contributed by atoms with Crippen molar-refractivity contribution in [2.75, 3.05) is 13.7 Å². The van der Waals surface area contributed by atoms with E-state index in [1.807, 2.05) is 22.9 Å². The number of hydrogen-bond acceptors (Lipinski definition) is 3. The molecule has 7 heteroatoms. The van der Waals surface area contributed by atoms with Crippen molar-refractivity contribution in [1.29, 1.82) is 0 Å². The van der Waals surface area contributed by atoms with E-state index in [1.54, 1.807) is 13.3 Å². The summed E-state index contributed by atoms with van der Waals surface area (Å²) >= 11 is 13.2. The highest BCUT2D eigenvalue weighted by atomic mass is 79.9. The number of nitrogens with two attached hydrogens (primary N) is 1. The molecule has 108 valence electrons. The Hall–Kier alpha value is -0.400. The summed E-state index contributed by atoms with van der Waals surface area (Å²) in [5, 5.41) is 4.92. The summed E-state index contributed by atoms with van der Waals surface area (Å²) in [6.45, 7) is 1.21. The van der Waals surface area contributed by atoms with Crippen LogP contribution < -0.4 is 5.73 Å². The summed E-state index contributed by atoms with van der Waals surface area (Å²) in [5.74, 6) is 0. The van der Waals surface area contributed by atoms with Crippen LogP contribution >= 0.6 is 43.5 Å². The molecule has 0 saturated heterocycles. The highest BCUT2D eigenvalue weighted by Gasteiger charge is 2.21. The van der Waals surface area contributed by atoms with Gasteiger partial charge in [0.25, 0.3) is 0 Å². The summed E-state index contributed by atoms with van der Waals surface area (Å²) in [4.78, 5) is 0. The molecule has 0 aliphatic heterocycles. The summed E-state index contributed by atoms with van der Waals surface area (Å²) in [6, 6.07) is 5.34. The first-order valence-electron chi connectivity index (χ1n) is 5.96. The van der Waals surface area contributed by atoms with Crippen LogP contribution in [0, 0.1) is 0 Å². The van der Waals surface area contributed by atoms with Crippen LogP contribution in [0.1, 0.15) is 17.3 Å². The Morgan fingerprint density at radius 2 is 2.15 bits per heavy atom. The van der Waals surface area contributed by atoms with Gasteiger partial charge < -0.3 is 10.5 Å². The maximum Gasteiger partial charge on any atom is 0.0749 e. The lowest BCUT2D eigenvalue weighted by molar-refractivity contribution is 0.182. The highest BCUT2D eigenvalue weighted by Crippen LogP contribution is 2.34.